The molecule has 1 saturated heterocycles. The number of aryl methyl sites for hydroxylation is 1. The Morgan fingerprint density at radius 1 is 1.00 bits per heavy atom. The van der Waals surface area contributed by atoms with Gasteiger partial charge in [0.15, 0.2) is 0 Å². The molecule has 0 aliphatic carbocycles. The van der Waals surface area contributed by atoms with E-state index in [0.717, 1.165) is 37.1 Å². The first-order valence-corrected chi connectivity index (χ1v) is 17.5. The number of imidazole rings is 1. The number of fused-ring (bicyclic) bond motifs is 1. The van der Waals surface area contributed by atoms with Gasteiger partial charge >= 0.3 is 0 Å². The molecular formula is C35H41N5O4S. The molecule has 4 aromatic rings. The Kier molecular flexibility index (Phi) is 9.34. The predicted octanol–water partition coefficient (Wildman–Crippen LogP) is 4.92. The van der Waals surface area contributed by atoms with Crippen LogP contribution in [0.4, 0.5) is 0 Å². The number of aromatic nitrogens is 2. The summed E-state index contributed by atoms with van der Waals surface area (Å²) in [5.41, 5.74) is 7.54. The molecule has 0 saturated carbocycles. The lowest BCUT2D eigenvalue weighted by Crippen LogP contribution is -2.41. The number of nitrogens with one attached hydrogen (secondary N) is 2. The van der Waals surface area contributed by atoms with Crippen molar-refractivity contribution in [2.45, 2.75) is 45.3 Å². The Balaban J connectivity index is 1.06. The highest BCUT2D eigenvalue weighted by Crippen LogP contribution is 2.35. The second kappa shape index (κ2) is 13.6. The van der Waals surface area contributed by atoms with Gasteiger partial charge in [-0.25, -0.2) is 17.7 Å². The SMILES string of the molecule is Cc1ccccc1-c1ccc(Cn2cncc2CNC2CCOc3c(C(=O)NCC4CCN(S(C)(=O)=O)CC4)cccc32)cc1. The van der Waals surface area contributed by atoms with E-state index in [-0.39, 0.29) is 17.9 Å². The molecule has 1 fully saturated rings. The number of hydrogen-bond acceptors (Lipinski definition) is 6. The van der Waals surface area contributed by atoms with Gasteiger partial charge < -0.3 is 19.9 Å². The van der Waals surface area contributed by atoms with Crippen molar-refractivity contribution in [3.63, 3.8) is 0 Å². The second-order valence-electron chi connectivity index (χ2n) is 12.1. The summed E-state index contributed by atoms with van der Waals surface area (Å²) in [6.07, 6.45) is 7.29. The lowest BCUT2D eigenvalue weighted by atomic mass is 9.96. The molecule has 2 aliphatic rings. The van der Waals surface area contributed by atoms with Crippen molar-refractivity contribution >= 4 is 15.9 Å². The van der Waals surface area contributed by atoms with Gasteiger partial charge in [0.2, 0.25) is 10.0 Å². The number of amides is 1. The van der Waals surface area contributed by atoms with Crippen LogP contribution in [0.5, 0.6) is 5.75 Å². The van der Waals surface area contributed by atoms with Gasteiger partial charge in [-0.3, -0.25) is 4.79 Å². The summed E-state index contributed by atoms with van der Waals surface area (Å²) in [6, 6.07) is 22.9. The molecule has 1 unspecified atom stereocenters. The third-order valence-corrected chi connectivity index (χ3v) is 10.3. The van der Waals surface area contributed by atoms with Crippen LogP contribution in [0.3, 0.4) is 0 Å². The van der Waals surface area contributed by atoms with Crippen molar-refractivity contribution in [2.24, 2.45) is 5.92 Å². The smallest absolute Gasteiger partial charge is 0.255 e. The molecule has 236 valence electrons. The Morgan fingerprint density at radius 3 is 2.53 bits per heavy atom. The van der Waals surface area contributed by atoms with Crippen molar-refractivity contribution in [3.8, 4) is 16.9 Å². The lowest BCUT2D eigenvalue weighted by molar-refractivity contribution is 0.0935. The Labute approximate surface area is 265 Å². The van der Waals surface area contributed by atoms with E-state index in [2.05, 4.69) is 75.6 Å². The minimum atomic E-state index is -3.17. The number of rotatable bonds is 10. The zero-order chi connectivity index (χ0) is 31.4. The highest BCUT2D eigenvalue weighted by molar-refractivity contribution is 7.88. The summed E-state index contributed by atoms with van der Waals surface area (Å²) in [4.78, 5) is 17.7. The van der Waals surface area contributed by atoms with E-state index < -0.39 is 10.0 Å². The van der Waals surface area contributed by atoms with Gasteiger partial charge in [-0.05, 0) is 54.0 Å². The van der Waals surface area contributed by atoms with Gasteiger partial charge in [-0.2, -0.15) is 0 Å². The van der Waals surface area contributed by atoms with E-state index in [1.807, 2.05) is 30.7 Å². The van der Waals surface area contributed by atoms with Gasteiger partial charge in [-0.1, -0.05) is 60.7 Å². The van der Waals surface area contributed by atoms with Gasteiger partial charge in [0.05, 0.1) is 30.4 Å². The van der Waals surface area contributed by atoms with Crippen molar-refractivity contribution in [2.75, 3.05) is 32.5 Å². The quantitative estimate of drug-likeness (QED) is 0.259. The summed E-state index contributed by atoms with van der Waals surface area (Å²) in [5, 5.41) is 6.75. The second-order valence-corrected chi connectivity index (χ2v) is 14.1. The topological polar surface area (TPSA) is 106 Å². The number of nitrogens with zero attached hydrogens (tertiary/aromatic N) is 3. The molecular weight excluding hydrogens is 586 g/mol. The molecule has 45 heavy (non-hydrogen) atoms. The Morgan fingerprint density at radius 2 is 1.78 bits per heavy atom. The monoisotopic (exact) mass is 627 g/mol. The standard InChI is InChI=1S/C35H41N5O4S/c1-25-6-3-4-7-30(25)28-12-10-27(11-13-28)23-39-24-36-21-29(39)22-37-33-16-19-44-34-31(33)8-5-9-32(34)35(41)38-20-26-14-17-40(18-15-26)45(2,42)43/h3-13,21,24,26,33,37H,14-20,22-23H2,1-2H3,(H,38,41). The van der Waals surface area contributed by atoms with Crippen LogP contribution < -0.4 is 15.4 Å². The zero-order valence-electron chi connectivity index (χ0n) is 25.9. The summed E-state index contributed by atoms with van der Waals surface area (Å²) in [7, 11) is -3.17. The average Bonchev–Trinajstić information content (AvgIpc) is 3.49. The lowest BCUT2D eigenvalue weighted by Gasteiger charge is -2.30. The molecule has 3 aromatic carbocycles. The van der Waals surface area contributed by atoms with Crippen LogP contribution in [-0.2, 0) is 23.1 Å². The minimum Gasteiger partial charge on any atom is -0.492 e. The largest absolute Gasteiger partial charge is 0.492 e. The number of piperidine rings is 1. The first kappa shape index (κ1) is 31.0. The van der Waals surface area contributed by atoms with Gasteiger partial charge in [-0.15, -0.1) is 0 Å². The minimum absolute atomic E-state index is 0.0403. The van der Waals surface area contributed by atoms with Crippen molar-refractivity contribution in [1.29, 1.82) is 0 Å². The van der Waals surface area contributed by atoms with E-state index in [4.69, 9.17) is 4.74 Å². The highest BCUT2D eigenvalue weighted by Gasteiger charge is 2.28. The molecule has 9 nitrogen and oxygen atoms in total. The predicted molar refractivity (Wildman–Crippen MR) is 176 cm³/mol. The molecule has 2 aliphatic heterocycles. The number of ether oxygens (including phenoxy) is 1. The molecule has 6 rings (SSSR count). The molecule has 1 aromatic heterocycles. The maximum Gasteiger partial charge on any atom is 0.255 e. The van der Waals surface area contributed by atoms with Crippen LogP contribution in [-0.4, -0.2) is 60.7 Å². The first-order valence-electron chi connectivity index (χ1n) is 15.6. The molecule has 2 N–H and O–H groups in total. The van der Waals surface area contributed by atoms with E-state index >= 15 is 0 Å². The average molecular weight is 628 g/mol. The fraction of sp³-hybridized carbons (Fsp3) is 0.371. The van der Waals surface area contributed by atoms with Gasteiger partial charge in [0, 0.05) is 56.9 Å². The maximum absolute atomic E-state index is 13.2. The molecule has 1 atom stereocenters. The molecule has 1 amide bonds. The zero-order valence-corrected chi connectivity index (χ0v) is 26.7. The summed E-state index contributed by atoms with van der Waals surface area (Å²) in [6.45, 7) is 5.52. The number of hydrogen-bond donors (Lipinski definition) is 2. The van der Waals surface area contributed by atoms with Crippen LogP contribution in [0.15, 0.2) is 79.3 Å². The highest BCUT2D eigenvalue weighted by atomic mass is 32.2. The number of sulfonamides is 1. The molecule has 3 heterocycles. The summed E-state index contributed by atoms with van der Waals surface area (Å²) >= 11 is 0. The normalized spacial score (nSPS) is 17.4. The number of para-hydroxylation sites is 1. The van der Waals surface area contributed by atoms with E-state index in [1.54, 1.807) is 0 Å². The van der Waals surface area contributed by atoms with Gasteiger partial charge in [0.1, 0.15) is 5.75 Å². The van der Waals surface area contributed by atoms with Crippen LogP contribution in [0.1, 0.15) is 58.0 Å². The van der Waals surface area contributed by atoms with E-state index in [9.17, 15) is 13.2 Å². The van der Waals surface area contributed by atoms with E-state index in [1.165, 1.54) is 32.8 Å². The fourth-order valence-electron chi connectivity index (χ4n) is 6.34. The maximum atomic E-state index is 13.2. The molecule has 0 bridgehead atoms. The van der Waals surface area contributed by atoms with Gasteiger partial charge in [0.25, 0.3) is 5.91 Å². The third-order valence-electron chi connectivity index (χ3n) is 9.00. The first-order chi connectivity index (χ1) is 21.8. The van der Waals surface area contributed by atoms with E-state index in [0.29, 0.717) is 44.1 Å². The molecule has 0 radical (unpaired) electrons. The fourth-order valence-corrected chi connectivity index (χ4v) is 7.22. The molecule has 0 spiro atoms. The third kappa shape index (κ3) is 7.30. The van der Waals surface area contributed by atoms with Crippen molar-refractivity contribution in [3.05, 3.63) is 107 Å². The number of carbonyl (C=O) groups excluding carboxylic acids is 1. The van der Waals surface area contributed by atoms with Crippen LogP contribution in [0.2, 0.25) is 0 Å². The Hall–Kier alpha value is -3.99. The van der Waals surface area contributed by atoms with Crippen LogP contribution in [0.25, 0.3) is 11.1 Å². The van der Waals surface area contributed by atoms with Crippen LogP contribution >= 0.6 is 0 Å². The number of benzene rings is 3. The van der Waals surface area contributed by atoms with Crippen molar-refractivity contribution < 1.29 is 17.9 Å². The summed E-state index contributed by atoms with van der Waals surface area (Å²) < 4.78 is 33.3. The van der Waals surface area contributed by atoms with Crippen LogP contribution in [0, 0.1) is 12.8 Å². The number of carbonyl (C=O) groups is 1. The summed E-state index contributed by atoms with van der Waals surface area (Å²) in [5.74, 6) is 0.718. The Bertz CT molecular complexity index is 1740. The van der Waals surface area contributed by atoms with Crippen molar-refractivity contribution in [1.82, 2.24) is 24.5 Å². The molecule has 10 heteroatoms.